The molecule has 0 saturated heterocycles. The second-order valence-corrected chi connectivity index (χ2v) is 11.1. The number of halogens is 1. The third kappa shape index (κ3) is 4.82. The third-order valence-electron chi connectivity index (χ3n) is 6.34. The van der Waals surface area contributed by atoms with E-state index in [1.165, 1.54) is 43.1 Å². The molecule has 206 valence electrons. The van der Waals surface area contributed by atoms with Gasteiger partial charge in [-0.25, -0.2) is 22.8 Å². The molecule has 0 bridgehead atoms. The van der Waals surface area contributed by atoms with E-state index in [4.69, 9.17) is 21.1 Å². The highest BCUT2D eigenvalue weighted by Crippen LogP contribution is 2.32. The zero-order valence-corrected chi connectivity index (χ0v) is 23.2. The van der Waals surface area contributed by atoms with Gasteiger partial charge in [0.1, 0.15) is 17.2 Å². The summed E-state index contributed by atoms with van der Waals surface area (Å²) < 4.78 is 41.0. The monoisotopic (exact) mass is 581 g/mol. The van der Waals surface area contributed by atoms with Gasteiger partial charge in [0.25, 0.3) is 10.0 Å². The fourth-order valence-electron chi connectivity index (χ4n) is 4.24. The molecule has 0 saturated carbocycles. The molecule has 0 fully saturated rings. The molecule has 0 amide bonds. The summed E-state index contributed by atoms with van der Waals surface area (Å²) in [6.07, 6.45) is -1.24. The quantitative estimate of drug-likeness (QED) is 0.272. The van der Waals surface area contributed by atoms with Crippen molar-refractivity contribution in [3.63, 3.8) is 0 Å². The first kappa shape index (κ1) is 27.0. The summed E-state index contributed by atoms with van der Waals surface area (Å²) in [5, 5.41) is 14.8. The number of fused-ring (bicyclic) bond motifs is 1. The van der Waals surface area contributed by atoms with Gasteiger partial charge in [0.05, 0.1) is 41.7 Å². The molecule has 0 radical (unpaired) electrons. The van der Waals surface area contributed by atoms with Crippen LogP contribution in [-0.2, 0) is 16.6 Å². The van der Waals surface area contributed by atoms with Gasteiger partial charge in [0.2, 0.25) is 0 Å². The highest BCUT2D eigenvalue weighted by atomic mass is 35.5. The van der Waals surface area contributed by atoms with Gasteiger partial charge in [0.15, 0.2) is 11.6 Å². The molecule has 0 unspecified atom stereocenters. The Morgan fingerprint density at radius 1 is 1.02 bits per heavy atom. The van der Waals surface area contributed by atoms with E-state index >= 15 is 0 Å². The number of anilines is 1. The average Bonchev–Trinajstić information content (AvgIpc) is 3.54. The Balaban J connectivity index is 1.65. The maximum absolute atomic E-state index is 13.5. The summed E-state index contributed by atoms with van der Waals surface area (Å²) in [4.78, 5) is 16.8. The second kappa shape index (κ2) is 10.5. The zero-order valence-electron chi connectivity index (χ0n) is 21.6. The molecule has 5 rings (SSSR count). The lowest BCUT2D eigenvalue weighted by atomic mass is 10.2. The number of methoxy groups -OCH3 is 2. The second-order valence-electron chi connectivity index (χ2n) is 8.70. The van der Waals surface area contributed by atoms with Crippen LogP contribution >= 0.6 is 11.6 Å². The van der Waals surface area contributed by atoms with Crippen LogP contribution in [0.3, 0.4) is 0 Å². The van der Waals surface area contributed by atoms with Crippen LogP contribution in [0.25, 0.3) is 22.6 Å². The molecule has 0 aliphatic rings. The molecule has 0 atom stereocenters. The van der Waals surface area contributed by atoms with E-state index in [0.717, 1.165) is 14.4 Å². The van der Waals surface area contributed by atoms with Gasteiger partial charge in [0, 0.05) is 13.1 Å². The number of hydrogen-bond acceptors (Lipinski definition) is 7. The summed E-state index contributed by atoms with van der Waals surface area (Å²) in [6.45, 7) is 0.199. The van der Waals surface area contributed by atoms with Crippen LogP contribution in [0.4, 0.5) is 10.6 Å². The zero-order chi connectivity index (χ0) is 28.6. The molecule has 2 aromatic heterocycles. The molecular weight excluding hydrogens is 558 g/mol. The largest absolute Gasteiger partial charge is 0.497 e. The van der Waals surface area contributed by atoms with Crippen molar-refractivity contribution < 1.29 is 27.8 Å². The molecule has 2 heterocycles. The number of sulfonamides is 1. The van der Waals surface area contributed by atoms with Crippen LogP contribution in [0.2, 0.25) is 5.02 Å². The predicted octanol–water partition coefficient (Wildman–Crippen LogP) is 4.97. The van der Waals surface area contributed by atoms with Gasteiger partial charge in [-0.3, -0.25) is 8.99 Å². The highest BCUT2D eigenvalue weighted by molar-refractivity contribution is 7.92. The van der Waals surface area contributed by atoms with Crippen LogP contribution in [-0.4, -0.2) is 60.2 Å². The highest BCUT2D eigenvalue weighted by Gasteiger charge is 2.28. The lowest BCUT2D eigenvalue weighted by Crippen LogP contribution is -2.27. The summed E-state index contributed by atoms with van der Waals surface area (Å²) in [5.41, 5.74) is 1.98. The molecule has 40 heavy (non-hydrogen) atoms. The molecule has 3 aromatic carbocycles. The van der Waals surface area contributed by atoms with Crippen LogP contribution in [0.5, 0.6) is 11.5 Å². The first-order valence-electron chi connectivity index (χ1n) is 11.9. The number of benzene rings is 3. The maximum Gasteiger partial charge on any atom is 0.417 e. The average molecular weight is 582 g/mol. The van der Waals surface area contributed by atoms with Crippen molar-refractivity contribution in [2.24, 2.45) is 0 Å². The summed E-state index contributed by atoms with van der Waals surface area (Å²) >= 11 is 6.19. The van der Waals surface area contributed by atoms with Crippen molar-refractivity contribution in [1.82, 2.24) is 19.3 Å². The lowest BCUT2D eigenvalue weighted by molar-refractivity contribution is 0.197. The van der Waals surface area contributed by atoms with E-state index in [9.17, 15) is 18.3 Å². The number of aromatic nitrogens is 4. The molecule has 13 heteroatoms. The van der Waals surface area contributed by atoms with Gasteiger partial charge >= 0.3 is 6.09 Å². The minimum Gasteiger partial charge on any atom is -0.497 e. The number of imidazole rings is 1. The Morgan fingerprint density at radius 3 is 2.40 bits per heavy atom. The van der Waals surface area contributed by atoms with E-state index in [2.05, 4.69) is 10.1 Å². The summed E-state index contributed by atoms with van der Waals surface area (Å²) in [6, 6.07) is 19.7. The molecule has 1 N–H and O–H groups in total. The molecule has 5 aromatic rings. The van der Waals surface area contributed by atoms with E-state index in [0.29, 0.717) is 28.2 Å². The topological polar surface area (TPSA) is 129 Å². The van der Waals surface area contributed by atoms with Crippen LogP contribution in [0, 0.1) is 0 Å². The smallest absolute Gasteiger partial charge is 0.417 e. The number of carbonyl (C=O) groups is 1. The molecule has 0 aliphatic heterocycles. The molecular formula is C27H24ClN5O6S. The standard InChI is InChI=1S/C27H24ClN5O6S/c1-31(40(36,37)19-12-13-24(39-3)20(28)14-19)25-15-23(32(30-25)16-17-8-10-18(38-2)11-9-17)26-29-21-6-4-5-7-22(21)33(26)27(34)35/h4-15H,16H2,1-3H3,(H,34,35). The number of hydrogen-bond donors (Lipinski definition) is 1. The predicted molar refractivity (Wildman–Crippen MR) is 150 cm³/mol. The van der Waals surface area contributed by atoms with E-state index in [-0.39, 0.29) is 28.1 Å². The van der Waals surface area contributed by atoms with Crippen molar-refractivity contribution in [1.29, 1.82) is 0 Å². The van der Waals surface area contributed by atoms with Crippen molar-refractivity contribution in [2.75, 3.05) is 25.6 Å². The number of ether oxygens (including phenoxy) is 2. The Bertz CT molecular complexity index is 1830. The van der Waals surface area contributed by atoms with Crippen molar-refractivity contribution in [3.05, 3.63) is 83.4 Å². The van der Waals surface area contributed by atoms with Gasteiger partial charge < -0.3 is 14.6 Å². The van der Waals surface area contributed by atoms with Crippen molar-refractivity contribution in [2.45, 2.75) is 11.4 Å². The fraction of sp³-hybridized carbons (Fsp3) is 0.148. The first-order valence-corrected chi connectivity index (χ1v) is 13.7. The maximum atomic E-state index is 13.5. The van der Waals surface area contributed by atoms with E-state index < -0.39 is 16.1 Å². The van der Waals surface area contributed by atoms with Crippen LogP contribution < -0.4 is 13.8 Å². The lowest BCUT2D eigenvalue weighted by Gasteiger charge is -2.17. The normalized spacial score (nSPS) is 11.5. The SMILES string of the molecule is COc1ccc(Cn2nc(N(C)S(=O)(=O)c3ccc(OC)c(Cl)c3)cc2-c2nc3ccccc3n2C(=O)O)cc1. The van der Waals surface area contributed by atoms with Gasteiger partial charge in [-0.2, -0.15) is 5.10 Å². The molecule has 0 aliphatic carbocycles. The van der Waals surface area contributed by atoms with Crippen molar-refractivity contribution in [3.8, 4) is 23.0 Å². The first-order chi connectivity index (χ1) is 19.1. The summed E-state index contributed by atoms with van der Waals surface area (Å²) in [7, 11) is 0.256. The van der Waals surface area contributed by atoms with Gasteiger partial charge in [-0.05, 0) is 48.0 Å². The molecule has 11 nitrogen and oxygen atoms in total. The Hall–Kier alpha value is -4.55. The van der Waals surface area contributed by atoms with E-state index in [1.54, 1.807) is 43.5 Å². The van der Waals surface area contributed by atoms with Crippen molar-refractivity contribution >= 4 is 44.6 Å². The number of carboxylic acid groups (broad SMARTS) is 1. The van der Waals surface area contributed by atoms with Crippen LogP contribution in [0.1, 0.15) is 5.56 Å². The molecule has 0 spiro atoms. The van der Waals surface area contributed by atoms with Crippen LogP contribution in [0.15, 0.2) is 77.7 Å². The minimum atomic E-state index is -4.10. The Kier molecular flexibility index (Phi) is 7.13. The summed E-state index contributed by atoms with van der Waals surface area (Å²) in [5.74, 6) is 1.15. The number of para-hydroxylation sites is 2. The number of nitrogens with zero attached hydrogens (tertiary/aromatic N) is 5. The van der Waals surface area contributed by atoms with Gasteiger partial charge in [-0.1, -0.05) is 35.9 Å². The van der Waals surface area contributed by atoms with Gasteiger partial charge in [-0.15, -0.1) is 0 Å². The Morgan fingerprint density at radius 2 is 1.75 bits per heavy atom. The Labute approximate surface area is 234 Å². The third-order valence-corrected chi connectivity index (χ3v) is 8.40. The number of rotatable bonds is 8. The minimum absolute atomic E-state index is 0.0550. The van der Waals surface area contributed by atoms with E-state index in [1.807, 2.05) is 12.1 Å². The fourth-order valence-corrected chi connectivity index (χ4v) is 5.72.